The predicted molar refractivity (Wildman–Crippen MR) is 127 cm³/mol. The average molecular weight is 469 g/mol. The van der Waals surface area contributed by atoms with Crippen molar-refractivity contribution in [1.82, 2.24) is 29.4 Å². The number of aliphatic hydroxyl groups is 1. The van der Waals surface area contributed by atoms with E-state index in [9.17, 15) is 9.50 Å². The number of hydrogen-bond acceptors (Lipinski definition) is 8. The number of hydrogen-bond donors (Lipinski definition) is 2. The Balaban J connectivity index is 1.49. The number of ether oxygens (including phenoxy) is 1. The Morgan fingerprint density at radius 2 is 2.03 bits per heavy atom. The number of aromatic nitrogens is 6. The molecule has 5 rings (SSSR count). The fourth-order valence-corrected chi connectivity index (χ4v) is 4.57. The fourth-order valence-electron chi connectivity index (χ4n) is 4.57. The van der Waals surface area contributed by atoms with E-state index >= 15 is 0 Å². The van der Waals surface area contributed by atoms with E-state index < -0.39 is 11.9 Å². The molecule has 1 aromatic carbocycles. The fraction of sp³-hybridized carbons (Fsp3) is 0.478. The summed E-state index contributed by atoms with van der Waals surface area (Å²) in [6.45, 7) is 6.59. The number of fused-ring (bicyclic) bond motifs is 3. The third-order valence-corrected chi connectivity index (χ3v) is 6.87. The zero-order valence-electron chi connectivity index (χ0n) is 19.7. The molecule has 11 heteroatoms. The minimum atomic E-state index is -0.500. The lowest BCUT2D eigenvalue weighted by molar-refractivity contribution is 0.132. The van der Waals surface area contributed by atoms with Gasteiger partial charge in [0.2, 0.25) is 5.95 Å². The normalized spacial score (nSPS) is 20.7. The Labute approximate surface area is 196 Å². The number of nitrogens with two attached hydrogens (primary N) is 1. The maximum absolute atomic E-state index is 14.4. The molecule has 3 N–H and O–H groups in total. The van der Waals surface area contributed by atoms with Crippen molar-refractivity contribution in [2.75, 3.05) is 24.3 Å². The van der Waals surface area contributed by atoms with E-state index in [2.05, 4.69) is 27.0 Å². The molecule has 3 aromatic heterocycles. The largest absolute Gasteiger partial charge is 0.494 e. The van der Waals surface area contributed by atoms with E-state index in [4.69, 9.17) is 15.5 Å². The van der Waals surface area contributed by atoms with E-state index in [0.29, 0.717) is 35.0 Å². The lowest BCUT2D eigenvalue weighted by Gasteiger charge is -2.37. The molecule has 1 saturated heterocycles. The highest BCUT2D eigenvalue weighted by Gasteiger charge is 2.31. The Kier molecular flexibility index (Phi) is 5.51. The molecule has 4 heterocycles. The van der Waals surface area contributed by atoms with E-state index in [0.717, 1.165) is 18.5 Å². The van der Waals surface area contributed by atoms with Crippen LogP contribution in [0.1, 0.15) is 51.4 Å². The Morgan fingerprint density at radius 3 is 2.76 bits per heavy atom. The summed E-state index contributed by atoms with van der Waals surface area (Å²) >= 11 is 0. The molecular formula is C23H29FN8O2. The van der Waals surface area contributed by atoms with Gasteiger partial charge in [0.1, 0.15) is 0 Å². The quantitative estimate of drug-likeness (QED) is 0.459. The standard InChI is InChI=1S/C23H29FN8O2/c1-12-5-6-15(10-30(12)16-9-26-31(11-16)13(2)14(3)33)21-28-22-17-7-18(24)20(34-4)8-19(17)27-23(25)32(22)29-21/h7-9,11-15,33H,5-6,10H2,1-4H3,(H2,25,27)/t12-,13+,14+,15+/m0/s1. The van der Waals surface area contributed by atoms with Gasteiger partial charge in [-0.3, -0.25) is 4.68 Å². The topological polar surface area (TPSA) is 120 Å². The number of piperidine rings is 1. The number of rotatable bonds is 5. The molecule has 0 spiro atoms. The minimum Gasteiger partial charge on any atom is -0.494 e. The number of anilines is 2. The molecule has 4 atom stereocenters. The number of aliphatic hydroxyl groups excluding tert-OH is 1. The highest BCUT2D eigenvalue weighted by atomic mass is 19.1. The summed E-state index contributed by atoms with van der Waals surface area (Å²) in [7, 11) is 1.41. The molecule has 0 amide bonds. The number of methoxy groups -OCH3 is 1. The van der Waals surface area contributed by atoms with Gasteiger partial charge in [-0.1, -0.05) is 0 Å². The van der Waals surface area contributed by atoms with Gasteiger partial charge in [0, 0.05) is 36.2 Å². The van der Waals surface area contributed by atoms with Gasteiger partial charge >= 0.3 is 0 Å². The van der Waals surface area contributed by atoms with Gasteiger partial charge in [-0.2, -0.15) is 9.61 Å². The van der Waals surface area contributed by atoms with E-state index in [1.807, 2.05) is 19.3 Å². The predicted octanol–water partition coefficient (Wildman–Crippen LogP) is 2.92. The van der Waals surface area contributed by atoms with Crippen LogP contribution in [-0.2, 0) is 0 Å². The Morgan fingerprint density at radius 1 is 1.24 bits per heavy atom. The van der Waals surface area contributed by atoms with E-state index in [1.165, 1.54) is 23.8 Å². The Bertz CT molecular complexity index is 1350. The summed E-state index contributed by atoms with van der Waals surface area (Å²) in [6.07, 6.45) is 5.18. The average Bonchev–Trinajstić information content (AvgIpc) is 3.47. The van der Waals surface area contributed by atoms with Gasteiger partial charge in [-0.05, 0) is 39.7 Å². The molecule has 1 fully saturated rings. The van der Waals surface area contributed by atoms with Gasteiger partial charge in [0.05, 0.1) is 36.7 Å². The van der Waals surface area contributed by atoms with E-state index in [-0.39, 0.29) is 23.7 Å². The van der Waals surface area contributed by atoms with Crippen LogP contribution in [0, 0.1) is 5.82 Å². The van der Waals surface area contributed by atoms with Crippen molar-refractivity contribution in [1.29, 1.82) is 0 Å². The van der Waals surface area contributed by atoms with Crippen molar-refractivity contribution in [3.63, 3.8) is 0 Å². The van der Waals surface area contributed by atoms with Crippen LogP contribution in [0.3, 0.4) is 0 Å². The van der Waals surface area contributed by atoms with Gasteiger partial charge in [0.25, 0.3) is 0 Å². The molecule has 10 nitrogen and oxygen atoms in total. The monoisotopic (exact) mass is 468 g/mol. The van der Waals surface area contributed by atoms with Crippen LogP contribution in [0.25, 0.3) is 16.6 Å². The van der Waals surface area contributed by atoms with Crippen LogP contribution in [0.4, 0.5) is 16.0 Å². The van der Waals surface area contributed by atoms with Crippen molar-refractivity contribution in [3.8, 4) is 5.75 Å². The highest BCUT2D eigenvalue weighted by Crippen LogP contribution is 2.34. The van der Waals surface area contributed by atoms with Crippen molar-refractivity contribution in [2.45, 2.75) is 57.7 Å². The van der Waals surface area contributed by atoms with Gasteiger partial charge in [0.15, 0.2) is 23.0 Å². The summed E-state index contributed by atoms with van der Waals surface area (Å²) in [6, 6.07) is 3.08. The molecule has 0 unspecified atom stereocenters. The maximum atomic E-state index is 14.4. The first-order chi connectivity index (χ1) is 16.3. The van der Waals surface area contributed by atoms with Gasteiger partial charge in [-0.25, -0.2) is 14.4 Å². The van der Waals surface area contributed by atoms with Crippen LogP contribution in [0.5, 0.6) is 5.75 Å². The second-order valence-corrected chi connectivity index (χ2v) is 9.11. The van der Waals surface area contributed by atoms with Crippen molar-refractivity contribution in [2.24, 2.45) is 0 Å². The third kappa shape index (κ3) is 3.69. The molecule has 0 aliphatic carbocycles. The smallest absolute Gasteiger partial charge is 0.223 e. The molecular weight excluding hydrogens is 439 g/mol. The molecule has 180 valence electrons. The SMILES string of the molecule is COc1cc2nc(N)n3nc([C@@H]4CC[C@H](C)N(c5cnn([C@H](C)[C@@H](C)O)c5)C4)nc3c2cc1F. The third-order valence-electron chi connectivity index (χ3n) is 6.87. The van der Waals surface area contributed by atoms with Crippen LogP contribution in [0.15, 0.2) is 24.5 Å². The summed E-state index contributed by atoms with van der Waals surface area (Å²) in [4.78, 5) is 11.4. The highest BCUT2D eigenvalue weighted by molar-refractivity contribution is 5.93. The van der Waals surface area contributed by atoms with Crippen LogP contribution in [-0.4, -0.2) is 60.3 Å². The molecule has 34 heavy (non-hydrogen) atoms. The van der Waals surface area contributed by atoms with Gasteiger partial charge < -0.3 is 20.5 Å². The maximum Gasteiger partial charge on any atom is 0.223 e. The lowest BCUT2D eigenvalue weighted by Crippen LogP contribution is -2.41. The number of benzene rings is 1. The molecule has 0 bridgehead atoms. The van der Waals surface area contributed by atoms with Crippen molar-refractivity contribution in [3.05, 3.63) is 36.2 Å². The Hall–Kier alpha value is -3.47. The molecule has 1 aliphatic heterocycles. The van der Waals surface area contributed by atoms with Gasteiger partial charge in [-0.15, -0.1) is 5.10 Å². The molecule has 0 saturated carbocycles. The number of nitrogen functional groups attached to an aromatic ring is 1. The molecule has 1 aliphatic rings. The summed E-state index contributed by atoms with van der Waals surface area (Å²) in [5.74, 6) is 0.509. The van der Waals surface area contributed by atoms with Crippen LogP contribution < -0.4 is 15.4 Å². The second-order valence-electron chi connectivity index (χ2n) is 9.11. The second kappa shape index (κ2) is 8.39. The first kappa shape index (κ1) is 22.3. The first-order valence-corrected chi connectivity index (χ1v) is 11.4. The molecule has 0 radical (unpaired) electrons. The number of nitrogens with zero attached hydrogens (tertiary/aromatic N) is 7. The van der Waals surface area contributed by atoms with Crippen LogP contribution >= 0.6 is 0 Å². The number of halogens is 1. The van der Waals surface area contributed by atoms with Crippen LogP contribution in [0.2, 0.25) is 0 Å². The summed E-state index contributed by atoms with van der Waals surface area (Å²) < 4.78 is 22.8. The van der Waals surface area contributed by atoms with E-state index in [1.54, 1.807) is 11.6 Å². The minimum absolute atomic E-state index is 0.0613. The summed E-state index contributed by atoms with van der Waals surface area (Å²) in [5, 5.41) is 19.5. The van der Waals surface area contributed by atoms with Crippen molar-refractivity contribution < 1.29 is 14.2 Å². The zero-order valence-corrected chi connectivity index (χ0v) is 19.7. The molecule has 4 aromatic rings. The van der Waals surface area contributed by atoms with Crippen molar-refractivity contribution >= 4 is 28.2 Å². The first-order valence-electron chi connectivity index (χ1n) is 11.4. The summed E-state index contributed by atoms with van der Waals surface area (Å²) in [5.41, 5.74) is 8.13. The zero-order chi connectivity index (χ0) is 24.1. The lowest BCUT2D eigenvalue weighted by atomic mass is 9.92.